The van der Waals surface area contributed by atoms with Crippen molar-refractivity contribution in [3.05, 3.63) is 24.3 Å². The Morgan fingerprint density at radius 3 is 0.979 bits per heavy atom. The van der Waals surface area contributed by atoms with Crippen LogP contribution in [0.2, 0.25) is 0 Å². The minimum absolute atomic E-state index is 0.117. The van der Waals surface area contributed by atoms with E-state index in [-0.39, 0.29) is 17.4 Å². The molecule has 0 saturated carbocycles. The number of hydrogen-bond donors (Lipinski definition) is 0. The molecule has 0 aliphatic heterocycles. The van der Waals surface area contributed by atoms with Crippen LogP contribution in [-0.2, 0) is 19.1 Å². The van der Waals surface area contributed by atoms with Gasteiger partial charge in [-0.1, -0.05) is 155 Å². The van der Waals surface area contributed by atoms with Gasteiger partial charge in [0, 0.05) is 18.3 Å². The van der Waals surface area contributed by atoms with Gasteiger partial charge in [0.05, 0.1) is 0 Å². The predicted molar refractivity (Wildman–Crippen MR) is 204 cm³/mol. The van der Waals surface area contributed by atoms with E-state index < -0.39 is 0 Å². The summed E-state index contributed by atoms with van der Waals surface area (Å²) in [6.45, 7) is 9.41. The van der Waals surface area contributed by atoms with E-state index >= 15 is 0 Å². The van der Waals surface area contributed by atoms with Crippen molar-refractivity contribution in [3.63, 3.8) is 0 Å². The number of esters is 2. The lowest BCUT2D eigenvalue weighted by molar-refractivity contribution is -0.154. The van der Waals surface area contributed by atoms with Crippen molar-refractivity contribution < 1.29 is 19.1 Å². The number of allylic oxidation sites excluding steroid dienone is 4. The first-order valence-corrected chi connectivity index (χ1v) is 20.6. The molecule has 0 aromatic rings. The Morgan fingerprint density at radius 1 is 0.404 bits per heavy atom. The first kappa shape index (κ1) is 45.4. The average Bonchev–Trinajstić information content (AvgIpc) is 3.08. The highest BCUT2D eigenvalue weighted by Crippen LogP contribution is 2.28. The zero-order chi connectivity index (χ0) is 34.5. The van der Waals surface area contributed by atoms with E-state index in [1.54, 1.807) is 0 Å². The van der Waals surface area contributed by atoms with Crippen LogP contribution in [0.15, 0.2) is 24.3 Å². The van der Waals surface area contributed by atoms with Gasteiger partial charge >= 0.3 is 11.9 Å². The summed E-state index contributed by atoms with van der Waals surface area (Å²) in [6, 6.07) is 0. The molecule has 47 heavy (non-hydrogen) atoms. The summed E-state index contributed by atoms with van der Waals surface area (Å²) in [4.78, 5) is 24.8. The summed E-state index contributed by atoms with van der Waals surface area (Å²) >= 11 is 0. The number of hydrogen-bond acceptors (Lipinski definition) is 4. The van der Waals surface area contributed by atoms with Gasteiger partial charge in [-0.2, -0.15) is 0 Å². The molecule has 0 heterocycles. The fourth-order valence-electron chi connectivity index (χ4n) is 5.99. The number of unbranched alkanes of at least 4 members (excludes halogenated alkanes) is 22. The Balaban J connectivity index is 3.81. The van der Waals surface area contributed by atoms with E-state index in [1.165, 1.54) is 141 Å². The van der Waals surface area contributed by atoms with Gasteiger partial charge in [-0.3, -0.25) is 9.59 Å². The van der Waals surface area contributed by atoms with Crippen LogP contribution in [0, 0.1) is 5.41 Å². The second kappa shape index (κ2) is 35.7. The summed E-state index contributed by atoms with van der Waals surface area (Å²) < 4.78 is 11.4. The molecule has 0 saturated heterocycles. The normalized spacial score (nSPS) is 12.0. The highest BCUT2D eigenvalue weighted by atomic mass is 16.5. The van der Waals surface area contributed by atoms with Crippen molar-refractivity contribution in [3.8, 4) is 0 Å². The van der Waals surface area contributed by atoms with Crippen LogP contribution >= 0.6 is 0 Å². The van der Waals surface area contributed by atoms with E-state index in [2.05, 4.69) is 52.0 Å². The first-order valence-electron chi connectivity index (χ1n) is 20.6. The molecule has 0 aromatic carbocycles. The Morgan fingerprint density at radius 2 is 0.681 bits per heavy atom. The lowest BCUT2D eigenvalue weighted by Crippen LogP contribution is -2.33. The van der Waals surface area contributed by atoms with E-state index in [9.17, 15) is 9.59 Å². The summed E-state index contributed by atoms with van der Waals surface area (Å²) in [5.74, 6) is -0.234. The molecular weight excluding hydrogens is 580 g/mol. The van der Waals surface area contributed by atoms with E-state index in [1.807, 2.05) is 0 Å². The molecular formula is C43H80O4. The minimum Gasteiger partial charge on any atom is -0.465 e. The van der Waals surface area contributed by atoms with Crippen molar-refractivity contribution >= 4 is 11.9 Å². The molecule has 4 heteroatoms. The molecule has 0 rings (SSSR count). The molecule has 0 amide bonds. The van der Waals surface area contributed by atoms with E-state index in [4.69, 9.17) is 9.47 Å². The van der Waals surface area contributed by atoms with Crippen LogP contribution in [0.3, 0.4) is 0 Å². The molecule has 0 spiro atoms. The molecule has 0 N–H and O–H groups in total. The maximum absolute atomic E-state index is 12.4. The van der Waals surface area contributed by atoms with Gasteiger partial charge in [0.2, 0.25) is 0 Å². The molecule has 0 atom stereocenters. The molecule has 4 nitrogen and oxygen atoms in total. The second-order valence-corrected chi connectivity index (χ2v) is 14.2. The van der Waals surface area contributed by atoms with Gasteiger partial charge in [0.15, 0.2) is 0 Å². The number of rotatable bonds is 36. The summed E-state index contributed by atoms with van der Waals surface area (Å²) in [5, 5.41) is 0. The smallest absolute Gasteiger partial charge is 0.305 e. The van der Waals surface area contributed by atoms with Crippen molar-refractivity contribution in [1.29, 1.82) is 0 Å². The Hall–Kier alpha value is -1.58. The van der Waals surface area contributed by atoms with Crippen LogP contribution < -0.4 is 0 Å². The van der Waals surface area contributed by atoms with Crippen LogP contribution in [0.5, 0.6) is 0 Å². The standard InChI is InChI=1S/C43H80O4/c1-5-9-11-13-15-17-19-21-23-25-27-29-31-33-35-37-41(44)46-39-43(7-3,8-4)40-47-42(45)38-36-34-32-30-28-26-24-22-20-18-16-14-12-10-6-2/h21-24H,5-20,25-40H2,1-4H3/b23-21-,24-22-. The van der Waals surface area contributed by atoms with E-state index in [0.717, 1.165) is 38.5 Å². The topological polar surface area (TPSA) is 52.6 Å². The largest absolute Gasteiger partial charge is 0.465 e. The van der Waals surface area contributed by atoms with Crippen molar-refractivity contribution in [2.75, 3.05) is 13.2 Å². The van der Waals surface area contributed by atoms with Crippen LogP contribution in [0.1, 0.15) is 220 Å². The van der Waals surface area contributed by atoms with Crippen molar-refractivity contribution in [2.24, 2.45) is 5.41 Å². The third-order valence-corrected chi connectivity index (χ3v) is 9.86. The summed E-state index contributed by atoms with van der Waals surface area (Å²) in [7, 11) is 0. The van der Waals surface area contributed by atoms with Gasteiger partial charge < -0.3 is 9.47 Å². The molecule has 0 bridgehead atoms. The maximum atomic E-state index is 12.4. The van der Waals surface area contributed by atoms with Gasteiger partial charge in [0.1, 0.15) is 13.2 Å². The van der Waals surface area contributed by atoms with Gasteiger partial charge in [-0.25, -0.2) is 0 Å². The lowest BCUT2D eigenvalue weighted by Gasteiger charge is -2.30. The average molecular weight is 661 g/mol. The van der Waals surface area contributed by atoms with Gasteiger partial charge in [-0.05, 0) is 77.0 Å². The Kier molecular flexibility index (Phi) is 34.5. The molecule has 0 aliphatic carbocycles. The fraction of sp³-hybridized carbons (Fsp3) is 0.860. The van der Waals surface area contributed by atoms with E-state index in [0.29, 0.717) is 26.1 Å². The molecule has 0 fully saturated rings. The van der Waals surface area contributed by atoms with Crippen LogP contribution in [0.25, 0.3) is 0 Å². The number of ether oxygens (including phenoxy) is 2. The molecule has 0 aliphatic rings. The zero-order valence-electron chi connectivity index (χ0n) is 32.1. The van der Waals surface area contributed by atoms with Crippen molar-refractivity contribution in [1.82, 2.24) is 0 Å². The maximum Gasteiger partial charge on any atom is 0.305 e. The minimum atomic E-state index is -0.281. The molecule has 0 unspecified atom stereocenters. The second-order valence-electron chi connectivity index (χ2n) is 14.2. The Bertz CT molecular complexity index is 678. The quantitative estimate of drug-likeness (QED) is 0.0381. The summed E-state index contributed by atoms with van der Waals surface area (Å²) in [6.07, 6.45) is 44.5. The van der Waals surface area contributed by atoms with Gasteiger partial charge in [-0.15, -0.1) is 0 Å². The predicted octanol–water partition coefficient (Wildman–Crippen LogP) is 14.0. The monoisotopic (exact) mass is 661 g/mol. The van der Waals surface area contributed by atoms with Crippen LogP contribution in [-0.4, -0.2) is 25.2 Å². The molecule has 276 valence electrons. The summed E-state index contributed by atoms with van der Waals surface area (Å²) in [5.41, 5.74) is -0.281. The molecule has 0 aromatic heterocycles. The molecule has 0 radical (unpaired) electrons. The Labute approximate surface area is 293 Å². The number of carbonyl (C=O) groups is 2. The van der Waals surface area contributed by atoms with Crippen LogP contribution in [0.4, 0.5) is 0 Å². The highest BCUT2D eigenvalue weighted by molar-refractivity contribution is 5.69. The zero-order valence-corrected chi connectivity index (χ0v) is 32.1. The van der Waals surface area contributed by atoms with Crippen molar-refractivity contribution in [2.45, 2.75) is 220 Å². The third kappa shape index (κ3) is 31.4. The first-order chi connectivity index (χ1) is 23.0. The van der Waals surface area contributed by atoms with Gasteiger partial charge in [0.25, 0.3) is 0 Å². The number of carbonyl (C=O) groups excluding carboxylic acids is 2. The fourth-order valence-corrected chi connectivity index (χ4v) is 5.99. The SMILES string of the molecule is CCCCCCCC/C=C\CCCCCCCC(=O)OCC(CC)(CC)COC(=O)CCCCCCC/C=C\CCCCCCCC. The lowest BCUT2D eigenvalue weighted by atomic mass is 9.84. The third-order valence-electron chi connectivity index (χ3n) is 9.86. The highest BCUT2D eigenvalue weighted by Gasteiger charge is 2.30.